The van der Waals surface area contributed by atoms with Gasteiger partial charge < -0.3 is 23.7 Å². The van der Waals surface area contributed by atoms with Gasteiger partial charge >= 0.3 is 6.09 Å². The second-order valence-corrected chi connectivity index (χ2v) is 7.65. The van der Waals surface area contributed by atoms with Crippen molar-refractivity contribution in [3.05, 3.63) is 47.7 Å². The highest BCUT2D eigenvalue weighted by Crippen LogP contribution is 2.27. The van der Waals surface area contributed by atoms with E-state index in [-0.39, 0.29) is 38.4 Å². The predicted octanol–water partition coefficient (Wildman–Crippen LogP) is 2.87. The number of hydrogen-bond acceptors (Lipinski definition) is 7. The molecule has 0 unspecified atom stereocenters. The van der Waals surface area contributed by atoms with E-state index >= 15 is 0 Å². The number of nitrogens with zero attached hydrogens (tertiary/aromatic N) is 1. The number of rotatable bonds is 9. The molecule has 2 aliphatic heterocycles. The summed E-state index contributed by atoms with van der Waals surface area (Å²) in [6.45, 7) is 4.82. The molecular formula is C22H29NO7. The SMILES string of the molecule is COCOC1=C[C@@H](COCc2ccccc2)O[C@@H](C(=O)N2C(=O)OC[C@@H]2C(C)C)C1. The van der Waals surface area contributed by atoms with Crippen LogP contribution >= 0.6 is 0 Å². The lowest BCUT2D eigenvalue weighted by molar-refractivity contribution is -0.149. The van der Waals surface area contributed by atoms with Gasteiger partial charge in [-0.15, -0.1) is 0 Å². The van der Waals surface area contributed by atoms with Gasteiger partial charge in [0, 0.05) is 13.5 Å². The molecule has 0 radical (unpaired) electrons. The van der Waals surface area contributed by atoms with Crippen molar-refractivity contribution in [1.29, 1.82) is 0 Å². The van der Waals surface area contributed by atoms with Gasteiger partial charge in [0.15, 0.2) is 6.79 Å². The number of cyclic esters (lactones) is 1. The Labute approximate surface area is 176 Å². The van der Waals surface area contributed by atoms with Crippen LogP contribution in [0.25, 0.3) is 0 Å². The molecular weight excluding hydrogens is 390 g/mol. The Kier molecular flexibility index (Phi) is 7.84. The zero-order chi connectivity index (χ0) is 21.5. The van der Waals surface area contributed by atoms with E-state index in [1.54, 1.807) is 6.08 Å². The first-order chi connectivity index (χ1) is 14.5. The maximum Gasteiger partial charge on any atom is 0.417 e. The molecule has 0 spiro atoms. The highest BCUT2D eigenvalue weighted by molar-refractivity contribution is 5.96. The number of carbonyl (C=O) groups excluding carboxylic acids is 2. The Bertz CT molecular complexity index is 749. The topological polar surface area (TPSA) is 83.5 Å². The molecule has 0 N–H and O–H groups in total. The minimum Gasteiger partial charge on any atom is -0.472 e. The van der Waals surface area contributed by atoms with Crippen LogP contribution in [0.5, 0.6) is 0 Å². The van der Waals surface area contributed by atoms with Crippen molar-refractivity contribution in [2.45, 2.75) is 45.1 Å². The molecule has 8 heteroatoms. The standard InChI is InChI=1S/C22H29NO7/c1-15(2)19-13-28-22(25)23(19)21(24)20-10-17(29-14-26-3)9-18(30-20)12-27-11-16-7-5-4-6-8-16/h4-9,15,18-20H,10-14H2,1-3H3/t18-,19+,20+/m0/s1. The van der Waals surface area contributed by atoms with E-state index < -0.39 is 24.2 Å². The summed E-state index contributed by atoms with van der Waals surface area (Å²) in [4.78, 5) is 26.5. The average molecular weight is 419 g/mol. The lowest BCUT2D eigenvalue weighted by atomic mass is 10.0. The maximum atomic E-state index is 13.1. The molecule has 164 valence electrons. The van der Waals surface area contributed by atoms with Gasteiger partial charge in [0.2, 0.25) is 0 Å². The summed E-state index contributed by atoms with van der Waals surface area (Å²) in [5, 5.41) is 0. The highest BCUT2D eigenvalue weighted by atomic mass is 16.7. The largest absolute Gasteiger partial charge is 0.472 e. The van der Waals surface area contributed by atoms with Crippen molar-refractivity contribution >= 4 is 12.0 Å². The van der Waals surface area contributed by atoms with Crippen molar-refractivity contribution in [3.63, 3.8) is 0 Å². The zero-order valence-corrected chi connectivity index (χ0v) is 17.6. The van der Waals surface area contributed by atoms with Crippen LogP contribution < -0.4 is 0 Å². The molecule has 3 atom stereocenters. The fourth-order valence-corrected chi connectivity index (χ4v) is 3.43. The summed E-state index contributed by atoms with van der Waals surface area (Å²) in [7, 11) is 1.52. The van der Waals surface area contributed by atoms with Crippen molar-refractivity contribution in [2.75, 3.05) is 27.1 Å². The quantitative estimate of drug-likeness (QED) is 0.569. The van der Waals surface area contributed by atoms with Crippen molar-refractivity contribution in [2.24, 2.45) is 5.92 Å². The molecule has 0 bridgehead atoms. The van der Waals surface area contributed by atoms with E-state index in [2.05, 4.69) is 0 Å². The molecule has 3 rings (SSSR count). The smallest absolute Gasteiger partial charge is 0.417 e. The van der Waals surface area contributed by atoms with Gasteiger partial charge in [-0.2, -0.15) is 0 Å². The Morgan fingerprint density at radius 2 is 2.03 bits per heavy atom. The van der Waals surface area contributed by atoms with Crippen LogP contribution in [-0.4, -0.2) is 62.3 Å². The van der Waals surface area contributed by atoms with Crippen LogP contribution in [0.4, 0.5) is 4.79 Å². The van der Waals surface area contributed by atoms with E-state index in [9.17, 15) is 9.59 Å². The van der Waals surface area contributed by atoms with E-state index in [0.29, 0.717) is 12.4 Å². The summed E-state index contributed by atoms with van der Waals surface area (Å²) in [5.74, 6) is 0.230. The molecule has 0 aromatic heterocycles. The number of imide groups is 1. The Morgan fingerprint density at radius 3 is 2.73 bits per heavy atom. The Hall–Kier alpha value is -2.42. The molecule has 2 aliphatic rings. The number of carbonyl (C=O) groups is 2. The second kappa shape index (κ2) is 10.6. The third-order valence-electron chi connectivity index (χ3n) is 5.04. The first-order valence-corrected chi connectivity index (χ1v) is 10.1. The molecule has 30 heavy (non-hydrogen) atoms. The van der Waals surface area contributed by atoms with E-state index in [0.717, 1.165) is 5.56 Å². The van der Waals surface area contributed by atoms with Gasteiger partial charge in [0.05, 0.1) is 19.3 Å². The fourth-order valence-electron chi connectivity index (χ4n) is 3.43. The molecule has 8 nitrogen and oxygen atoms in total. The van der Waals surface area contributed by atoms with Gasteiger partial charge in [-0.3, -0.25) is 4.79 Å². The van der Waals surface area contributed by atoms with Crippen LogP contribution in [0, 0.1) is 5.92 Å². The van der Waals surface area contributed by atoms with Gasteiger partial charge in [-0.25, -0.2) is 9.69 Å². The van der Waals surface area contributed by atoms with Crippen molar-refractivity contribution < 1.29 is 33.3 Å². The number of amides is 2. The number of methoxy groups -OCH3 is 1. The molecule has 1 saturated heterocycles. The average Bonchev–Trinajstić information content (AvgIpc) is 3.14. The summed E-state index contributed by atoms with van der Waals surface area (Å²) >= 11 is 0. The lowest BCUT2D eigenvalue weighted by Crippen LogP contribution is -2.49. The number of hydrogen-bond donors (Lipinski definition) is 0. The van der Waals surface area contributed by atoms with Gasteiger partial charge in [-0.05, 0) is 17.6 Å². The Morgan fingerprint density at radius 1 is 1.27 bits per heavy atom. The van der Waals surface area contributed by atoms with Crippen LogP contribution in [-0.2, 0) is 35.1 Å². The highest BCUT2D eigenvalue weighted by Gasteiger charge is 2.44. The number of benzene rings is 1. The molecule has 0 saturated carbocycles. The summed E-state index contributed by atoms with van der Waals surface area (Å²) in [6, 6.07) is 9.47. The zero-order valence-electron chi connectivity index (χ0n) is 17.6. The third-order valence-corrected chi connectivity index (χ3v) is 5.04. The van der Waals surface area contributed by atoms with Crippen molar-refractivity contribution in [1.82, 2.24) is 4.90 Å². The molecule has 1 aromatic rings. The lowest BCUT2D eigenvalue weighted by Gasteiger charge is -2.32. The van der Waals surface area contributed by atoms with Gasteiger partial charge in [0.25, 0.3) is 5.91 Å². The van der Waals surface area contributed by atoms with Gasteiger partial charge in [0.1, 0.15) is 24.6 Å². The van der Waals surface area contributed by atoms with Crippen LogP contribution in [0.15, 0.2) is 42.2 Å². The van der Waals surface area contributed by atoms with Crippen LogP contribution in [0.1, 0.15) is 25.8 Å². The Balaban J connectivity index is 1.66. The maximum absolute atomic E-state index is 13.1. The minimum atomic E-state index is -0.862. The molecule has 1 fully saturated rings. The molecule has 2 amide bonds. The molecule has 2 heterocycles. The second-order valence-electron chi connectivity index (χ2n) is 7.65. The molecule has 1 aromatic carbocycles. The summed E-state index contributed by atoms with van der Waals surface area (Å²) < 4.78 is 27.4. The van der Waals surface area contributed by atoms with E-state index in [1.807, 2.05) is 44.2 Å². The van der Waals surface area contributed by atoms with Crippen LogP contribution in [0.3, 0.4) is 0 Å². The first-order valence-electron chi connectivity index (χ1n) is 10.1. The van der Waals surface area contributed by atoms with Crippen molar-refractivity contribution in [3.8, 4) is 0 Å². The predicted molar refractivity (Wildman–Crippen MR) is 107 cm³/mol. The minimum absolute atomic E-state index is 0.0602. The van der Waals surface area contributed by atoms with Gasteiger partial charge in [-0.1, -0.05) is 44.2 Å². The van der Waals surface area contributed by atoms with E-state index in [4.69, 9.17) is 23.7 Å². The normalized spacial score (nSPS) is 24.0. The monoisotopic (exact) mass is 419 g/mol. The van der Waals surface area contributed by atoms with Crippen LogP contribution in [0.2, 0.25) is 0 Å². The van der Waals surface area contributed by atoms with E-state index in [1.165, 1.54) is 12.0 Å². The third kappa shape index (κ3) is 5.59. The summed E-state index contributed by atoms with van der Waals surface area (Å²) in [5.41, 5.74) is 1.04. The first kappa shape index (κ1) is 22.3. The molecule has 0 aliphatic carbocycles. The number of ether oxygens (including phenoxy) is 5. The summed E-state index contributed by atoms with van der Waals surface area (Å²) in [6.07, 6.45) is 0.0219. The fraction of sp³-hybridized carbons (Fsp3) is 0.545.